The van der Waals surface area contributed by atoms with E-state index in [1.54, 1.807) is 6.07 Å². The van der Waals surface area contributed by atoms with Crippen LogP contribution in [0.25, 0.3) is 10.8 Å². The molecule has 2 heterocycles. The summed E-state index contributed by atoms with van der Waals surface area (Å²) >= 11 is 0. The van der Waals surface area contributed by atoms with Crippen molar-refractivity contribution >= 4 is 22.6 Å². The predicted molar refractivity (Wildman–Crippen MR) is 74.7 cm³/mol. The fraction of sp³-hybridized carbons (Fsp3) is 0.333. The zero-order valence-electron chi connectivity index (χ0n) is 10.8. The van der Waals surface area contributed by atoms with Gasteiger partial charge in [-0.3, -0.25) is 0 Å². The van der Waals surface area contributed by atoms with E-state index in [-0.39, 0.29) is 5.69 Å². The van der Waals surface area contributed by atoms with Gasteiger partial charge < -0.3 is 10.0 Å². The van der Waals surface area contributed by atoms with Gasteiger partial charge in [0, 0.05) is 18.5 Å². The molecule has 2 aromatic rings. The maximum absolute atomic E-state index is 11.2. The number of anilines is 1. The van der Waals surface area contributed by atoms with E-state index >= 15 is 0 Å². The molecule has 1 unspecified atom stereocenters. The summed E-state index contributed by atoms with van der Waals surface area (Å²) in [7, 11) is 0. The van der Waals surface area contributed by atoms with Crippen molar-refractivity contribution in [3.63, 3.8) is 0 Å². The van der Waals surface area contributed by atoms with Gasteiger partial charge in [0.25, 0.3) is 0 Å². The van der Waals surface area contributed by atoms with Gasteiger partial charge in [0.05, 0.1) is 0 Å². The van der Waals surface area contributed by atoms with Gasteiger partial charge in [-0.15, -0.1) is 0 Å². The molecule has 3 rings (SSSR count). The van der Waals surface area contributed by atoms with Crippen LogP contribution in [0.15, 0.2) is 30.3 Å². The van der Waals surface area contributed by atoms with Crippen LogP contribution in [0.5, 0.6) is 0 Å². The molecule has 1 fully saturated rings. The van der Waals surface area contributed by atoms with Crippen molar-refractivity contribution in [2.24, 2.45) is 5.92 Å². The zero-order valence-corrected chi connectivity index (χ0v) is 10.8. The van der Waals surface area contributed by atoms with Crippen molar-refractivity contribution in [1.82, 2.24) is 4.98 Å². The number of aromatic nitrogens is 1. The Hall–Kier alpha value is -2.10. The molecule has 4 heteroatoms. The first kappa shape index (κ1) is 12.0. The van der Waals surface area contributed by atoms with E-state index in [2.05, 4.69) is 16.8 Å². The van der Waals surface area contributed by atoms with Crippen molar-refractivity contribution in [3.05, 3.63) is 36.0 Å². The first-order valence-electron chi connectivity index (χ1n) is 6.53. The SMILES string of the molecule is CC1CCN(c2nc(C(=O)O)cc3ccccc23)C1. The number of carbonyl (C=O) groups is 1. The topological polar surface area (TPSA) is 53.4 Å². The number of pyridine rings is 1. The monoisotopic (exact) mass is 256 g/mol. The lowest BCUT2D eigenvalue weighted by atomic mass is 10.1. The lowest BCUT2D eigenvalue weighted by molar-refractivity contribution is 0.0691. The molecule has 0 bridgehead atoms. The Morgan fingerprint density at radius 2 is 2.21 bits per heavy atom. The minimum absolute atomic E-state index is 0.119. The maximum Gasteiger partial charge on any atom is 0.354 e. The molecule has 0 amide bonds. The van der Waals surface area contributed by atoms with E-state index in [9.17, 15) is 9.90 Å². The summed E-state index contributed by atoms with van der Waals surface area (Å²) in [5.74, 6) is 0.466. The largest absolute Gasteiger partial charge is 0.477 e. The summed E-state index contributed by atoms with van der Waals surface area (Å²) in [5.41, 5.74) is 0.119. The molecule has 1 N–H and O–H groups in total. The highest BCUT2D eigenvalue weighted by Crippen LogP contribution is 2.29. The van der Waals surface area contributed by atoms with Crippen LogP contribution in [0.2, 0.25) is 0 Å². The number of carboxylic acids is 1. The van der Waals surface area contributed by atoms with Crippen LogP contribution in [0.3, 0.4) is 0 Å². The van der Waals surface area contributed by atoms with Crippen LogP contribution < -0.4 is 4.90 Å². The van der Waals surface area contributed by atoms with E-state index in [1.807, 2.05) is 24.3 Å². The molecule has 1 saturated heterocycles. The third kappa shape index (κ3) is 2.14. The second-order valence-corrected chi connectivity index (χ2v) is 5.20. The van der Waals surface area contributed by atoms with Crippen molar-refractivity contribution in [2.45, 2.75) is 13.3 Å². The summed E-state index contributed by atoms with van der Waals surface area (Å²) in [6.07, 6.45) is 1.13. The highest BCUT2D eigenvalue weighted by molar-refractivity contribution is 5.98. The average molecular weight is 256 g/mol. The fourth-order valence-corrected chi connectivity index (χ4v) is 2.66. The van der Waals surface area contributed by atoms with Crippen LogP contribution in [0.1, 0.15) is 23.8 Å². The van der Waals surface area contributed by atoms with Gasteiger partial charge in [0.15, 0.2) is 5.69 Å². The molecule has 1 atom stereocenters. The lowest BCUT2D eigenvalue weighted by Gasteiger charge is -2.19. The zero-order chi connectivity index (χ0) is 13.4. The van der Waals surface area contributed by atoms with Crippen molar-refractivity contribution in [1.29, 1.82) is 0 Å². The molecule has 0 saturated carbocycles. The Morgan fingerprint density at radius 3 is 2.89 bits per heavy atom. The van der Waals surface area contributed by atoms with Crippen LogP contribution in [0.4, 0.5) is 5.82 Å². The highest BCUT2D eigenvalue weighted by Gasteiger charge is 2.22. The minimum atomic E-state index is -0.973. The summed E-state index contributed by atoms with van der Waals surface area (Å²) in [4.78, 5) is 17.7. The molecule has 1 aromatic carbocycles. The Labute approximate surface area is 111 Å². The summed E-state index contributed by atoms with van der Waals surface area (Å²) in [6.45, 7) is 4.10. The van der Waals surface area contributed by atoms with E-state index < -0.39 is 5.97 Å². The van der Waals surface area contributed by atoms with E-state index in [0.717, 1.165) is 36.1 Å². The van der Waals surface area contributed by atoms with E-state index in [0.29, 0.717) is 5.92 Å². The number of hydrogen-bond donors (Lipinski definition) is 1. The van der Waals surface area contributed by atoms with Gasteiger partial charge in [-0.25, -0.2) is 9.78 Å². The fourth-order valence-electron chi connectivity index (χ4n) is 2.66. The standard InChI is InChI=1S/C15H16N2O2/c1-10-6-7-17(9-10)14-12-5-3-2-4-11(12)8-13(16-14)15(18)19/h2-5,8,10H,6-7,9H2,1H3,(H,18,19). The van der Waals surface area contributed by atoms with Gasteiger partial charge >= 0.3 is 5.97 Å². The minimum Gasteiger partial charge on any atom is -0.477 e. The lowest BCUT2D eigenvalue weighted by Crippen LogP contribution is -2.21. The number of nitrogens with zero attached hydrogens (tertiary/aromatic N) is 2. The Morgan fingerprint density at radius 1 is 1.42 bits per heavy atom. The number of hydrogen-bond acceptors (Lipinski definition) is 3. The molecule has 1 aromatic heterocycles. The highest BCUT2D eigenvalue weighted by atomic mass is 16.4. The molecule has 4 nitrogen and oxygen atoms in total. The van der Waals surface area contributed by atoms with Crippen LogP contribution >= 0.6 is 0 Å². The van der Waals surface area contributed by atoms with Crippen molar-refractivity contribution in [3.8, 4) is 0 Å². The van der Waals surface area contributed by atoms with Crippen molar-refractivity contribution in [2.75, 3.05) is 18.0 Å². The Bertz CT molecular complexity index is 639. The molecule has 0 radical (unpaired) electrons. The third-order valence-corrected chi connectivity index (χ3v) is 3.66. The molecule has 1 aliphatic heterocycles. The van der Waals surface area contributed by atoms with E-state index in [4.69, 9.17) is 0 Å². The van der Waals surface area contributed by atoms with Gasteiger partial charge in [-0.2, -0.15) is 0 Å². The first-order valence-corrected chi connectivity index (χ1v) is 6.53. The smallest absolute Gasteiger partial charge is 0.354 e. The van der Waals surface area contributed by atoms with Crippen LogP contribution in [-0.4, -0.2) is 29.1 Å². The second-order valence-electron chi connectivity index (χ2n) is 5.20. The molecule has 1 aliphatic rings. The van der Waals surface area contributed by atoms with Gasteiger partial charge in [0.2, 0.25) is 0 Å². The molecule has 0 spiro atoms. The quantitative estimate of drug-likeness (QED) is 0.897. The maximum atomic E-state index is 11.2. The molecule has 0 aliphatic carbocycles. The Balaban J connectivity index is 2.17. The first-order chi connectivity index (χ1) is 9.15. The van der Waals surface area contributed by atoms with Gasteiger partial charge in [-0.1, -0.05) is 31.2 Å². The molecule has 19 heavy (non-hydrogen) atoms. The number of rotatable bonds is 2. The Kier molecular flexibility index (Phi) is 2.85. The average Bonchev–Trinajstić information content (AvgIpc) is 2.84. The van der Waals surface area contributed by atoms with Crippen LogP contribution in [0, 0.1) is 5.92 Å². The number of aromatic carboxylic acids is 1. The molecular weight excluding hydrogens is 240 g/mol. The summed E-state index contributed by atoms with van der Waals surface area (Å²) in [5, 5.41) is 11.1. The van der Waals surface area contributed by atoms with Crippen LogP contribution in [-0.2, 0) is 0 Å². The normalized spacial score (nSPS) is 19.0. The van der Waals surface area contributed by atoms with Crippen molar-refractivity contribution < 1.29 is 9.90 Å². The summed E-state index contributed by atoms with van der Waals surface area (Å²) < 4.78 is 0. The predicted octanol–water partition coefficient (Wildman–Crippen LogP) is 2.78. The summed E-state index contributed by atoms with van der Waals surface area (Å²) in [6, 6.07) is 9.47. The number of carboxylic acid groups (broad SMARTS) is 1. The molecular formula is C15H16N2O2. The molecule has 98 valence electrons. The number of benzene rings is 1. The van der Waals surface area contributed by atoms with E-state index in [1.165, 1.54) is 0 Å². The number of fused-ring (bicyclic) bond motifs is 1. The second kappa shape index (κ2) is 4.53. The third-order valence-electron chi connectivity index (χ3n) is 3.66. The van der Waals surface area contributed by atoms with Gasteiger partial charge in [-0.05, 0) is 23.8 Å². The van der Waals surface area contributed by atoms with Gasteiger partial charge in [0.1, 0.15) is 5.82 Å².